The van der Waals surface area contributed by atoms with Gasteiger partial charge in [0.25, 0.3) is 0 Å². The Morgan fingerprint density at radius 2 is 2.50 bits per heavy atom. The Kier molecular flexibility index (Phi) is 5.20. The number of aromatic nitrogens is 1. The zero-order valence-electron chi connectivity index (χ0n) is 5.44. The van der Waals surface area contributed by atoms with E-state index in [1.54, 1.807) is 0 Å². The van der Waals surface area contributed by atoms with Crippen molar-refractivity contribution in [3.05, 3.63) is 18.0 Å². The van der Waals surface area contributed by atoms with Gasteiger partial charge in [0.15, 0.2) is 0 Å². The molecule has 0 N–H and O–H groups in total. The van der Waals surface area contributed by atoms with Crippen molar-refractivity contribution in [3.8, 4) is 0 Å². The summed E-state index contributed by atoms with van der Waals surface area (Å²) in [6, 6.07) is 1.51. The fourth-order valence-electron chi connectivity index (χ4n) is 0.433. The van der Waals surface area contributed by atoms with Crippen LogP contribution < -0.4 is 29.6 Å². The van der Waals surface area contributed by atoms with Crippen molar-refractivity contribution >= 4 is 11.1 Å². The van der Waals surface area contributed by atoms with Crippen LogP contribution in [0.2, 0.25) is 0 Å². The molecular weight excluding hydrogens is 165 g/mol. The molecule has 4 nitrogen and oxygen atoms in total. The second kappa shape index (κ2) is 5.03. The molecule has 1 rings (SSSR count). The van der Waals surface area contributed by atoms with Crippen LogP contribution in [0.1, 0.15) is 5.76 Å². The molecule has 0 aromatic carbocycles. The zero-order chi connectivity index (χ0) is 6.69. The van der Waals surface area contributed by atoms with Gasteiger partial charge in [0, 0.05) is 6.07 Å². The quantitative estimate of drug-likeness (QED) is 0.351. The Morgan fingerprint density at radius 3 is 2.90 bits per heavy atom. The van der Waals surface area contributed by atoms with E-state index in [-0.39, 0.29) is 35.3 Å². The predicted octanol–water partition coefficient (Wildman–Crippen LogP) is -2.94. The van der Waals surface area contributed by atoms with Gasteiger partial charge >= 0.3 is 29.6 Å². The summed E-state index contributed by atoms with van der Waals surface area (Å²) >= 11 is -2.08. The van der Waals surface area contributed by atoms with Gasteiger partial charge in [0.1, 0.15) is 5.76 Å². The van der Waals surface area contributed by atoms with Gasteiger partial charge < -0.3 is 9.08 Å². The fraction of sp³-hybridized carbons (Fsp3) is 0.250. The summed E-state index contributed by atoms with van der Waals surface area (Å²) in [6.45, 7) is 0. The molecule has 0 saturated heterocycles. The Morgan fingerprint density at radius 1 is 1.80 bits per heavy atom. The van der Waals surface area contributed by atoms with Gasteiger partial charge in [0.2, 0.25) is 0 Å². The van der Waals surface area contributed by atoms with Gasteiger partial charge in [-0.3, -0.25) is 4.21 Å². The molecule has 0 saturated carbocycles. The molecule has 6 heteroatoms. The molecule has 0 spiro atoms. The summed E-state index contributed by atoms with van der Waals surface area (Å²) in [6.07, 6.45) is 1.40. The molecule has 0 fully saturated rings. The van der Waals surface area contributed by atoms with Crippen molar-refractivity contribution in [2.45, 2.75) is 5.75 Å². The van der Waals surface area contributed by atoms with Crippen molar-refractivity contribution in [2.75, 3.05) is 0 Å². The minimum Gasteiger partial charge on any atom is -0.772 e. The SMILES string of the molecule is O=S([O-])Cc1ccno1.[Na+]. The molecule has 0 aliphatic heterocycles. The minimum absolute atomic E-state index is 0. The van der Waals surface area contributed by atoms with Gasteiger partial charge in [-0.25, -0.2) is 0 Å². The van der Waals surface area contributed by atoms with Gasteiger partial charge in [-0.15, -0.1) is 0 Å². The molecule has 0 aliphatic rings. The zero-order valence-corrected chi connectivity index (χ0v) is 8.26. The monoisotopic (exact) mass is 169 g/mol. The summed E-state index contributed by atoms with van der Waals surface area (Å²) in [7, 11) is 0. The molecule has 1 atom stereocenters. The standard InChI is InChI=1S/C4H5NO3S.Na/c6-9(7)3-4-1-2-5-8-4;/h1-2H,3H2,(H,6,7);/q;+1/p-1. The van der Waals surface area contributed by atoms with E-state index in [4.69, 9.17) is 0 Å². The normalized spacial score (nSPS) is 12.1. The van der Waals surface area contributed by atoms with E-state index in [1.807, 2.05) is 0 Å². The van der Waals surface area contributed by atoms with Crippen LogP contribution in [0.4, 0.5) is 0 Å². The Hall–Kier alpha value is 0.320. The average Bonchev–Trinajstić information content (AvgIpc) is 2.15. The van der Waals surface area contributed by atoms with Gasteiger partial charge in [0.05, 0.1) is 11.9 Å². The van der Waals surface area contributed by atoms with Crippen LogP contribution in [0.25, 0.3) is 0 Å². The van der Waals surface area contributed by atoms with Gasteiger partial charge in [-0.05, 0) is 11.1 Å². The minimum atomic E-state index is -2.08. The van der Waals surface area contributed by atoms with E-state index >= 15 is 0 Å². The first-order chi connectivity index (χ1) is 4.29. The van der Waals surface area contributed by atoms with Crippen molar-refractivity contribution < 1.29 is 42.8 Å². The van der Waals surface area contributed by atoms with Crippen LogP contribution in [0.3, 0.4) is 0 Å². The fourth-order valence-corrected chi connectivity index (χ4v) is 0.814. The van der Waals surface area contributed by atoms with E-state index in [2.05, 4.69) is 9.68 Å². The molecule has 1 unspecified atom stereocenters. The second-order valence-corrected chi connectivity index (χ2v) is 2.32. The second-order valence-electron chi connectivity index (χ2n) is 1.43. The third-order valence-corrected chi connectivity index (χ3v) is 1.27. The maximum absolute atomic E-state index is 9.98. The topological polar surface area (TPSA) is 66.2 Å². The molecule has 1 aromatic heterocycles. The van der Waals surface area contributed by atoms with Crippen molar-refractivity contribution in [3.63, 3.8) is 0 Å². The largest absolute Gasteiger partial charge is 1.00 e. The summed E-state index contributed by atoms with van der Waals surface area (Å²) in [5.41, 5.74) is 0. The maximum Gasteiger partial charge on any atom is 1.00 e. The first-order valence-corrected chi connectivity index (χ1v) is 3.49. The number of rotatable bonds is 2. The summed E-state index contributed by atoms with van der Waals surface area (Å²) < 4.78 is 24.5. The van der Waals surface area contributed by atoms with Crippen LogP contribution in [0, 0.1) is 0 Å². The van der Waals surface area contributed by atoms with E-state index in [1.165, 1.54) is 12.3 Å². The third-order valence-electron chi connectivity index (χ3n) is 0.751. The van der Waals surface area contributed by atoms with Gasteiger partial charge in [-0.1, -0.05) is 5.16 Å². The Labute approximate surface area is 82.6 Å². The number of nitrogens with zero attached hydrogens (tertiary/aromatic N) is 1. The van der Waals surface area contributed by atoms with Crippen molar-refractivity contribution in [2.24, 2.45) is 0 Å². The Balaban J connectivity index is 0.000000810. The molecule has 0 radical (unpaired) electrons. The van der Waals surface area contributed by atoms with Crippen LogP contribution in [-0.4, -0.2) is 13.9 Å². The van der Waals surface area contributed by atoms with Crippen molar-refractivity contribution in [1.82, 2.24) is 5.16 Å². The number of hydrogen-bond acceptors (Lipinski definition) is 4. The van der Waals surface area contributed by atoms with E-state index in [0.29, 0.717) is 5.76 Å². The van der Waals surface area contributed by atoms with E-state index in [0.717, 1.165) is 0 Å². The molecule has 10 heavy (non-hydrogen) atoms. The van der Waals surface area contributed by atoms with Gasteiger partial charge in [-0.2, -0.15) is 0 Å². The van der Waals surface area contributed by atoms with Crippen molar-refractivity contribution in [1.29, 1.82) is 0 Å². The molecule has 1 heterocycles. The maximum atomic E-state index is 9.98. The third kappa shape index (κ3) is 3.48. The molecule has 0 amide bonds. The average molecular weight is 169 g/mol. The van der Waals surface area contributed by atoms with Crippen LogP contribution in [-0.2, 0) is 16.8 Å². The van der Waals surface area contributed by atoms with E-state index < -0.39 is 11.1 Å². The molecule has 0 aliphatic carbocycles. The predicted molar refractivity (Wildman–Crippen MR) is 29.1 cm³/mol. The van der Waals surface area contributed by atoms with Crippen LogP contribution in [0.15, 0.2) is 16.8 Å². The Bertz CT molecular complexity index is 200. The number of hydrogen-bond donors (Lipinski definition) is 0. The summed E-state index contributed by atoms with van der Waals surface area (Å²) in [4.78, 5) is 0. The summed E-state index contributed by atoms with van der Waals surface area (Å²) in [5.74, 6) is 0.267. The molecular formula is C4H4NNaO3S. The summed E-state index contributed by atoms with van der Waals surface area (Å²) in [5, 5.41) is 3.33. The van der Waals surface area contributed by atoms with Crippen LogP contribution in [0.5, 0.6) is 0 Å². The van der Waals surface area contributed by atoms with E-state index in [9.17, 15) is 8.76 Å². The molecule has 0 bridgehead atoms. The molecule has 1 aromatic rings. The first kappa shape index (κ1) is 10.3. The first-order valence-electron chi connectivity index (χ1n) is 2.24. The van der Waals surface area contributed by atoms with Crippen LogP contribution >= 0.6 is 0 Å². The molecule has 50 valence electrons. The smallest absolute Gasteiger partial charge is 0.772 e.